The fourth-order valence-electron chi connectivity index (χ4n) is 3.46. The van der Waals surface area contributed by atoms with E-state index in [0.29, 0.717) is 13.0 Å². The summed E-state index contributed by atoms with van der Waals surface area (Å²) >= 11 is 1.68. The molecular weight excluding hydrogens is 408 g/mol. The predicted molar refractivity (Wildman–Crippen MR) is 129 cm³/mol. The highest BCUT2D eigenvalue weighted by Gasteiger charge is 2.28. The van der Waals surface area contributed by atoms with E-state index in [1.54, 1.807) is 32.5 Å². The molecule has 1 N–H and O–H groups in total. The molecule has 0 heterocycles. The minimum Gasteiger partial charge on any atom is -0.444 e. The van der Waals surface area contributed by atoms with Crippen molar-refractivity contribution in [2.24, 2.45) is 0 Å². The van der Waals surface area contributed by atoms with Crippen LogP contribution in [0.2, 0.25) is 0 Å². The van der Waals surface area contributed by atoms with Crippen molar-refractivity contribution in [3.63, 3.8) is 0 Å². The Morgan fingerprint density at radius 2 is 1.52 bits per heavy atom. The van der Waals surface area contributed by atoms with Gasteiger partial charge in [0.05, 0.1) is 6.04 Å². The summed E-state index contributed by atoms with van der Waals surface area (Å²) < 4.78 is 5.27. The first-order valence-corrected chi connectivity index (χ1v) is 11.9. The molecule has 6 heteroatoms. The van der Waals surface area contributed by atoms with Gasteiger partial charge in [-0.15, -0.1) is 0 Å². The largest absolute Gasteiger partial charge is 0.444 e. The number of likely N-dealkylation sites (N-methyl/N-ethyl adjacent to an activating group) is 1. The standard InChI is InChI=1S/C25H34N2O3S/c1-25(2,3)30-24(29)26-23(28)22(16-17-31-5)27(4)18-21(19-12-8-6-9-13-19)20-14-10-7-11-15-20/h6-15,21-22H,16-18H2,1-5H3,(H,26,28,29)/t22-/m0/s1. The highest BCUT2D eigenvalue weighted by Crippen LogP contribution is 2.26. The summed E-state index contributed by atoms with van der Waals surface area (Å²) in [5, 5.41) is 2.43. The van der Waals surface area contributed by atoms with E-state index >= 15 is 0 Å². The number of hydrogen-bond acceptors (Lipinski definition) is 5. The zero-order valence-electron chi connectivity index (χ0n) is 19.1. The third-order valence-electron chi connectivity index (χ3n) is 4.93. The molecule has 0 saturated carbocycles. The third-order valence-corrected chi connectivity index (χ3v) is 5.57. The van der Waals surface area contributed by atoms with Crippen molar-refractivity contribution in [1.29, 1.82) is 0 Å². The molecule has 0 bridgehead atoms. The molecule has 0 radical (unpaired) electrons. The number of carbonyl (C=O) groups excluding carboxylic acids is 2. The molecule has 0 aliphatic heterocycles. The number of alkyl carbamates (subject to hydrolysis) is 1. The van der Waals surface area contributed by atoms with Crippen LogP contribution < -0.4 is 5.32 Å². The lowest BCUT2D eigenvalue weighted by molar-refractivity contribution is -0.125. The maximum Gasteiger partial charge on any atom is 0.414 e. The van der Waals surface area contributed by atoms with Gasteiger partial charge in [0.1, 0.15) is 5.60 Å². The summed E-state index contributed by atoms with van der Waals surface area (Å²) in [6.45, 7) is 5.98. The lowest BCUT2D eigenvalue weighted by Gasteiger charge is -2.31. The molecule has 0 unspecified atom stereocenters. The molecule has 2 amide bonds. The second kappa shape index (κ2) is 11.9. The van der Waals surface area contributed by atoms with E-state index < -0.39 is 17.7 Å². The second-order valence-corrected chi connectivity index (χ2v) is 9.59. The molecular formula is C25H34N2O3S. The molecule has 168 valence electrons. The summed E-state index contributed by atoms with van der Waals surface area (Å²) in [5.74, 6) is 0.599. The molecule has 2 aromatic rings. The molecule has 1 atom stereocenters. The molecule has 0 fully saturated rings. The van der Waals surface area contributed by atoms with Gasteiger partial charge in [0.2, 0.25) is 5.91 Å². The fourth-order valence-corrected chi connectivity index (χ4v) is 3.92. The molecule has 0 aliphatic carbocycles. The van der Waals surface area contributed by atoms with Crippen LogP contribution in [0.1, 0.15) is 44.2 Å². The lowest BCUT2D eigenvalue weighted by atomic mass is 9.90. The molecule has 0 saturated heterocycles. The molecule has 5 nitrogen and oxygen atoms in total. The molecule has 2 rings (SSSR count). The smallest absolute Gasteiger partial charge is 0.414 e. The summed E-state index contributed by atoms with van der Waals surface area (Å²) in [6.07, 6.45) is 1.95. The van der Waals surface area contributed by atoms with Crippen LogP contribution in [-0.4, -0.2) is 54.1 Å². The van der Waals surface area contributed by atoms with Crippen molar-refractivity contribution in [2.45, 2.75) is 44.8 Å². The average molecular weight is 443 g/mol. The molecule has 0 aliphatic rings. The number of rotatable bonds is 9. The number of hydrogen-bond donors (Lipinski definition) is 1. The van der Waals surface area contributed by atoms with Crippen LogP contribution in [0.15, 0.2) is 60.7 Å². The monoisotopic (exact) mass is 442 g/mol. The molecule has 2 aromatic carbocycles. The number of thioether (sulfide) groups is 1. The average Bonchev–Trinajstić information content (AvgIpc) is 2.72. The van der Waals surface area contributed by atoms with Crippen LogP contribution in [0.5, 0.6) is 0 Å². The number of carbonyl (C=O) groups is 2. The zero-order chi connectivity index (χ0) is 22.9. The van der Waals surface area contributed by atoms with Crippen molar-refractivity contribution in [1.82, 2.24) is 10.2 Å². The van der Waals surface area contributed by atoms with E-state index in [2.05, 4.69) is 29.6 Å². The number of ether oxygens (including phenoxy) is 1. The van der Waals surface area contributed by atoms with Crippen LogP contribution in [0.4, 0.5) is 4.79 Å². The van der Waals surface area contributed by atoms with Crippen molar-refractivity contribution in [3.05, 3.63) is 71.8 Å². The van der Waals surface area contributed by atoms with Gasteiger partial charge in [-0.2, -0.15) is 11.8 Å². The summed E-state index contributed by atoms with van der Waals surface area (Å²) in [4.78, 5) is 27.2. The highest BCUT2D eigenvalue weighted by molar-refractivity contribution is 7.98. The molecule has 31 heavy (non-hydrogen) atoms. The Balaban J connectivity index is 2.20. The first kappa shape index (κ1) is 25.0. The normalized spacial score (nSPS) is 12.6. The lowest BCUT2D eigenvalue weighted by Crippen LogP contribution is -2.49. The number of nitrogens with zero attached hydrogens (tertiary/aromatic N) is 1. The topological polar surface area (TPSA) is 58.6 Å². The Bertz CT molecular complexity index is 782. The van der Waals surface area contributed by atoms with Gasteiger partial charge >= 0.3 is 6.09 Å². The Hall–Kier alpha value is -2.31. The first-order chi connectivity index (χ1) is 14.7. The van der Waals surface area contributed by atoms with Gasteiger partial charge in [-0.1, -0.05) is 60.7 Å². The Morgan fingerprint density at radius 3 is 1.97 bits per heavy atom. The fraction of sp³-hybridized carbons (Fsp3) is 0.440. The quantitative estimate of drug-likeness (QED) is 0.597. The van der Waals surface area contributed by atoms with E-state index in [-0.39, 0.29) is 11.8 Å². The van der Waals surface area contributed by atoms with Gasteiger partial charge in [0.15, 0.2) is 0 Å². The summed E-state index contributed by atoms with van der Waals surface area (Å²) in [7, 11) is 1.94. The minimum absolute atomic E-state index is 0.110. The van der Waals surface area contributed by atoms with Crippen LogP contribution in [-0.2, 0) is 9.53 Å². The Kier molecular flexibility index (Phi) is 9.59. The maximum absolute atomic E-state index is 13.0. The minimum atomic E-state index is -0.706. The van der Waals surface area contributed by atoms with Crippen LogP contribution in [0.25, 0.3) is 0 Å². The van der Waals surface area contributed by atoms with Gasteiger partial charge in [0, 0.05) is 12.5 Å². The molecule has 0 aromatic heterocycles. The van der Waals surface area contributed by atoms with E-state index in [1.807, 2.05) is 54.6 Å². The van der Waals surface area contributed by atoms with Crippen molar-refractivity contribution >= 4 is 23.8 Å². The highest BCUT2D eigenvalue weighted by atomic mass is 32.2. The number of amides is 2. The van der Waals surface area contributed by atoms with Gasteiger partial charge < -0.3 is 4.74 Å². The summed E-state index contributed by atoms with van der Waals surface area (Å²) in [5.41, 5.74) is 1.73. The summed E-state index contributed by atoms with van der Waals surface area (Å²) in [6, 6.07) is 20.2. The second-order valence-electron chi connectivity index (χ2n) is 8.60. The van der Waals surface area contributed by atoms with Crippen molar-refractivity contribution in [2.75, 3.05) is 25.6 Å². The SMILES string of the molecule is CSCC[C@@H](C(=O)NC(=O)OC(C)(C)C)N(C)CC(c1ccccc1)c1ccccc1. The van der Waals surface area contributed by atoms with E-state index in [1.165, 1.54) is 11.1 Å². The zero-order valence-corrected chi connectivity index (χ0v) is 19.9. The molecule has 0 spiro atoms. The Labute approximate surface area is 190 Å². The van der Waals surface area contributed by atoms with E-state index in [9.17, 15) is 9.59 Å². The van der Waals surface area contributed by atoms with Gasteiger partial charge in [-0.3, -0.25) is 15.0 Å². The van der Waals surface area contributed by atoms with E-state index in [0.717, 1.165) is 5.75 Å². The Morgan fingerprint density at radius 1 is 1.00 bits per heavy atom. The third kappa shape index (κ3) is 8.38. The van der Waals surface area contributed by atoms with Crippen molar-refractivity contribution < 1.29 is 14.3 Å². The van der Waals surface area contributed by atoms with Crippen LogP contribution >= 0.6 is 11.8 Å². The van der Waals surface area contributed by atoms with Crippen molar-refractivity contribution in [3.8, 4) is 0 Å². The first-order valence-electron chi connectivity index (χ1n) is 10.5. The number of imide groups is 1. The predicted octanol–water partition coefficient (Wildman–Crippen LogP) is 4.92. The maximum atomic E-state index is 13.0. The van der Waals surface area contributed by atoms with Gasteiger partial charge in [0.25, 0.3) is 0 Å². The van der Waals surface area contributed by atoms with Crippen LogP contribution in [0, 0.1) is 0 Å². The van der Waals surface area contributed by atoms with E-state index in [4.69, 9.17) is 4.74 Å². The number of benzene rings is 2. The van der Waals surface area contributed by atoms with Gasteiger partial charge in [-0.25, -0.2) is 4.79 Å². The van der Waals surface area contributed by atoms with Gasteiger partial charge in [-0.05, 0) is 57.4 Å². The number of nitrogens with one attached hydrogen (secondary N) is 1. The van der Waals surface area contributed by atoms with Crippen LogP contribution in [0.3, 0.4) is 0 Å².